The standard InChI is InChI=1S/C6H14NO2/c1-7(2,3)4-5-9-6-8/h6H,4-5H2,1-3H3/q+1. The summed E-state index contributed by atoms with van der Waals surface area (Å²) >= 11 is 0. The number of carbonyl (C=O) groups excluding carboxylic acids is 1. The monoisotopic (exact) mass is 132 g/mol. The van der Waals surface area contributed by atoms with Crippen LogP contribution in [0.15, 0.2) is 0 Å². The Hall–Kier alpha value is -0.570. The van der Waals surface area contributed by atoms with Crippen molar-refractivity contribution in [3.63, 3.8) is 0 Å². The minimum absolute atomic E-state index is 0.482. The molecular weight excluding hydrogens is 118 g/mol. The zero-order valence-corrected chi connectivity index (χ0v) is 6.26. The first-order valence-corrected chi connectivity index (χ1v) is 2.92. The number of carbonyl (C=O) groups is 1. The Morgan fingerprint density at radius 1 is 1.44 bits per heavy atom. The molecule has 54 valence electrons. The van der Waals surface area contributed by atoms with Gasteiger partial charge >= 0.3 is 0 Å². The summed E-state index contributed by atoms with van der Waals surface area (Å²) in [7, 11) is 6.15. The van der Waals surface area contributed by atoms with Gasteiger partial charge in [0.1, 0.15) is 13.2 Å². The summed E-state index contributed by atoms with van der Waals surface area (Å²) in [6.07, 6.45) is 0. The Morgan fingerprint density at radius 2 is 2.00 bits per heavy atom. The van der Waals surface area contributed by atoms with Crippen LogP contribution in [0.25, 0.3) is 0 Å². The van der Waals surface area contributed by atoms with E-state index >= 15 is 0 Å². The fourth-order valence-corrected chi connectivity index (χ4v) is 0.375. The molecule has 0 aromatic rings. The molecule has 0 spiro atoms. The maximum absolute atomic E-state index is 9.66. The summed E-state index contributed by atoms with van der Waals surface area (Å²) in [5.41, 5.74) is 0. The third kappa shape index (κ3) is 7.43. The van der Waals surface area contributed by atoms with E-state index in [0.717, 1.165) is 11.0 Å². The first-order valence-electron chi connectivity index (χ1n) is 2.92. The maximum atomic E-state index is 9.66. The highest BCUT2D eigenvalue weighted by atomic mass is 16.5. The summed E-state index contributed by atoms with van der Waals surface area (Å²) in [5, 5.41) is 0. The van der Waals surface area contributed by atoms with E-state index in [-0.39, 0.29) is 0 Å². The fraction of sp³-hybridized carbons (Fsp3) is 0.833. The topological polar surface area (TPSA) is 26.3 Å². The molecule has 0 atom stereocenters. The second-order valence-electron chi connectivity index (χ2n) is 2.98. The van der Waals surface area contributed by atoms with Crippen molar-refractivity contribution in [1.82, 2.24) is 0 Å². The minimum atomic E-state index is 0.482. The normalized spacial score (nSPS) is 11.0. The second-order valence-corrected chi connectivity index (χ2v) is 2.98. The zero-order chi connectivity index (χ0) is 7.33. The predicted octanol–water partition coefficient (Wildman–Crippen LogP) is -0.134. The van der Waals surface area contributed by atoms with Crippen LogP contribution in [0.5, 0.6) is 0 Å². The summed E-state index contributed by atoms with van der Waals surface area (Å²) in [5.74, 6) is 0. The molecule has 0 aliphatic rings. The van der Waals surface area contributed by atoms with Crippen molar-refractivity contribution in [3.8, 4) is 0 Å². The van der Waals surface area contributed by atoms with Gasteiger partial charge in [-0.2, -0.15) is 0 Å². The summed E-state index contributed by atoms with van der Waals surface area (Å²) in [6, 6.07) is 0. The fourth-order valence-electron chi connectivity index (χ4n) is 0.375. The van der Waals surface area contributed by atoms with E-state index in [2.05, 4.69) is 4.74 Å². The van der Waals surface area contributed by atoms with Gasteiger partial charge in [0.25, 0.3) is 6.47 Å². The van der Waals surface area contributed by atoms with Crippen LogP contribution in [0, 0.1) is 0 Å². The zero-order valence-electron chi connectivity index (χ0n) is 6.26. The highest BCUT2D eigenvalue weighted by Crippen LogP contribution is 1.87. The van der Waals surface area contributed by atoms with Crippen LogP contribution in [0.2, 0.25) is 0 Å². The number of hydrogen-bond donors (Lipinski definition) is 0. The molecule has 0 aromatic heterocycles. The average Bonchev–Trinajstić information content (AvgIpc) is 1.63. The van der Waals surface area contributed by atoms with Gasteiger partial charge in [0.2, 0.25) is 0 Å². The van der Waals surface area contributed by atoms with E-state index < -0.39 is 0 Å². The molecule has 0 bridgehead atoms. The van der Waals surface area contributed by atoms with E-state index in [0.29, 0.717) is 13.1 Å². The van der Waals surface area contributed by atoms with Gasteiger partial charge in [-0.25, -0.2) is 0 Å². The second kappa shape index (κ2) is 3.45. The predicted molar refractivity (Wildman–Crippen MR) is 34.9 cm³/mol. The number of nitrogens with zero attached hydrogens (tertiary/aromatic N) is 1. The highest BCUT2D eigenvalue weighted by molar-refractivity contribution is 5.36. The Bertz CT molecular complexity index is 85.5. The van der Waals surface area contributed by atoms with Crippen molar-refractivity contribution < 1.29 is 14.0 Å². The lowest BCUT2D eigenvalue weighted by molar-refractivity contribution is -0.870. The van der Waals surface area contributed by atoms with Gasteiger partial charge in [-0.3, -0.25) is 4.79 Å². The minimum Gasteiger partial charge on any atom is -0.462 e. The van der Waals surface area contributed by atoms with Gasteiger partial charge in [0.05, 0.1) is 21.1 Å². The van der Waals surface area contributed by atoms with Crippen LogP contribution in [0.3, 0.4) is 0 Å². The summed E-state index contributed by atoms with van der Waals surface area (Å²) < 4.78 is 5.34. The molecule has 0 rings (SSSR count). The molecule has 0 N–H and O–H groups in total. The lowest BCUT2D eigenvalue weighted by atomic mass is 10.5. The van der Waals surface area contributed by atoms with Gasteiger partial charge in [0, 0.05) is 0 Å². The van der Waals surface area contributed by atoms with E-state index in [1.807, 2.05) is 21.1 Å². The molecule has 0 aromatic carbocycles. The van der Waals surface area contributed by atoms with Crippen molar-refractivity contribution in [3.05, 3.63) is 0 Å². The lowest BCUT2D eigenvalue weighted by Crippen LogP contribution is -2.37. The molecule has 0 aliphatic carbocycles. The molecule has 0 amide bonds. The lowest BCUT2D eigenvalue weighted by Gasteiger charge is -2.22. The van der Waals surface area contributed by atoms with Crippen LogP contribution in [-0.2, 0) is 9.53 Å². The Morgan fingerprint density at radius 3 is 2.33 bits per heavy atom. The number of ether oxygens (including phenoxy) is 1. The maximum Gasteiger partial charge on any atom is 0.293 e. The van der Waals surface area contributed by atoms with Gasteiger partial charge < -0.3 is 9.22 Å². The van der Waals surface area contributed by atoms with Gasteiger partial charge in [-0.15, -0.1) is 0 Å². The molecule has 0 unspecified atom stereocenters. The van der Waals surface area contributed by atoms with Crippen LogP contribution < -0.4 is 0 Å². The molecule has 0 heterocycles. The van der Waals surface area contributed by atoms with E-state index in [1.54, 1.807) is 0 Å². The smallest absolute Gasteiger partial charge is 0.293 e. The third-order valence-corrected chi connectivity index (χ3v) is 0.948. The summed E-state index contributed by atoms with van der Waals surface area (Å²) in [4.78, 5) is 9.66. The summed E-state index contributed by atoms with van der Waals surface area (Å²) in [6.45, 7) is 1.85. The molecule has 3 heteroatoms. The number of rotatable bonds is 4. The van der Waals surface area contributed by atoms with Crippen molar-refractivity contribution in [2.45, 2.75) is 0 Å². The van der Waals surface area contributed by atoms with Gasteiger partial charge in [-0.1, -0.05) is 0 Å². The van der Waals surface area contributed by atoms with Gasteiger partial charge in [-0.05, 0) is 0 Å². The largest absolute Gasteiger partial charge is 0.462 e. The molecule has 0 saturated carbocycles. The molecular formula is C6H14NO2+. The molecule has 0 radical (unpaired) electrons. The quantitative estimate of drug-likeness (QED) is 0.302. The number of likely N-dealkylation sites (N-methyl/N-ethyl adjacent to an activating group) is 1. The third-order valence-electron chi connectivity index (χ3n) is 0.948. The van der Waals surface area contributed by atoms with Crippen molar-refractivity contribution in [2.75, 3.05) is 34.3 Å². The van der Waals surface area contributed by atoms with Crippen LogP contribution in [0.1, 0.15) is 0 Å². The van der Waals surface area contributed by atoms with Crippen molar-refractivity contribution in [1.29, 1.82) is 0 Å². The SMILES string of the molecule is C[N+](C)(C)CCOC=O. The Kier molecular flexibility index (Phi) is 3.24. The highest BCUT2D eigenvalue weighted by Gasteiger charge is 2.04. The Labute approximate surface area is 55.8 Å². The molecule has 0 aliphatic heterocycles. The van der Waals surface area contributed by atoms with Crippen LogP contribution in [0.4, 0.5) is 0 Å². The molecule has 9 heavy (non-hydrogen) atoms. The average molecular weight is 132 g/mol. The molecule has 0 fully saturated rings. The number of hydrogen-bond acceptors (Lipinski definition) is 2. The first-order chi connectivity index (χ1) is 4.06. The van der Waals surface area contributed by atoms with Gasteiger partial charge in [0.15, 0.2) is 0 Å². The van der Waals surface area contributed by atoms with E-state index in [9.17, 15) is 4.79 Å². The Balaban J connectivity index is 3.17. The van der Waals surface area contributed by atoms with Crippen LogP contribution >= 0.6 is 0 Å². The van der Waals surface area contributed by atoms with Crippen molar-refractivity contribution in [2.24, 2.45) is 0 Å². The molecule has 3 nitrogen and oxygen atoms in total. The molecule has 0 saturated heterocycles. The van der Waals surface area contributed by atoms with Crippen LogP contribution in [-0.4, -0.2) is 45.2 Å². The van der Waals surface area contributed by atoms with E-state index in [1.165, 1.54) is 0 Å². The number of quaternary nitrogens is 1. The van der Waals surface area contributed by atoms with Crippen molar-refractivity contribution >= 4 is 6.47 Å². The van der Waals surface area contributed by atoms with E-state index in [4.69, 9.17) is 0 Å². The first kappa shape index (κ1) is 8.43.